The van der Waals surface area contributed by atoms with Gasteiger partial charge >= 0.3 is 0 Å². The Morgan fingerprint density at radius 2 is 1.95 bits per heavy atom. The third kappa shape index (κ3) is 3.62. The van der Waals surface area contributed by atoms with E-state index in [1.54, 1.807) is 23.0 Å². The predicted octanol–water partition coefficient (Wildman–Crippen LogP) is 1.98. The van der Waals surface area contributed by atoms with Crippen LogP contribution in [0, 0.1) is 0 Å². The Balaban J connectivity index is 2.19. The van der Waals surface area contributed by atoms with Gasteiger partial charge in [0.25, 0.3) is 10.0 Å². The number of benzene rings is 1. The number of hydrogen-bond acceptors (Lipinski definition) is 4. The van der Waals surface area contributed by atoms with Gasteiger partial charge in [-0.3, -0.25) is 9.40 Å². The molecule has 2 N–H and O–H groups in total. The van der Waals surface area contributed by atoms with Gasteiger partial charge in [-0.1, -0.05) is 12.1 Å². The van der Waals surface area contributed by atoms with Gasteiger partial charge in [-0.05, 0) is 38.6 Å². The van der Waals surface area contributed by atoms with Crippen LogP contribution in [0.1, 0.15) is 25.5 Å². The Labute approximate surface area is 125 Å². The summed E-state index contributed by atoms with van der Waals surface area (Å²) >= 11 is 0. The average molecular weight is 308 g/mol. The largest absolute Gasteiger partial charge is 0.313 e. The molecule has 1 atom stereocenters. The molecule has 0 amide bonds. The fourth-order valence-corrected chi connectivity index (χ4v) is 2.93. The summed E-state index contributed by atoms with van der Waals surface area (Å²) < 4.78 is 28.8. The molecule has 2 rings (SSSR count). The molecule has 0 spiro atoms. The molecule has 1 aromatic carbocycles. The monoisotopic (exact) mass is 308 g/mol. The van der Waals surface area contributed by atoms with Crippen molar-refractivity contribution in [1.82, 2.24) is 15.1 Å². The van der Waals surface area contributed by atoms with Gasteiger partial charge in [0.15, 0.2) is 0 Å². The fourth-order valence-electron chi connectivity index (χ4n) is 1.91. The summed E-state index contributed by atoms with van der Waals surface area (Å²) in [4.78, 5) is 0.235. The molecule has 0 aliphatic carbocycles. The number of hydrogen-bond donors (Lipinski definition) is 2. The molecule has 0 bridgehead atoms. The molecule has 1 heterocycles. The lowest BCUT2D eigenvalue weighted by molar-refractivity contribution is 0.600. The molecular formula is C14H20N4O2S. The summed E-state index contributed by atoms with van der Waals surface area (Å²) in [5, 5.41) is 7.15. The minimum absolute atomic E-state index is 0.178. The average Bonchev–Trinajstić information content (AvgIpc) is 2.93. The summed E-state index contributed by atoms with van der Waals surface area (Å²) in [6.07, 6.45) is 3.16. The van der Waals surface area contributed by atoms with Crippen molar-refractivity contribution in [3.8, 4) is 0 Å². The van der Waals surface area contributed by atoms with E-state index in [-0.39, 0.29) is 10.9 Å². The Bertz CT molecular complexity index is 692. The Morgan fingerprint density at radius 3 is 2.48 bits per heavy atom. The smallest absolute Gasteiger partial charge is 0.261 e. The zero-order valence-corrected chi connectivity index (χ0v) is 13.2. The molecule has 1 unspecified atom stereocenters. The van der Waals surface area contributed by atoms with Crippen LogP contribution in [0.5, 0.6) is 0 Å². The van der Waals surface area contributed by atoms with Gasteiger partial charge in [0, 0.05) is 18.8 Å². The van der Waals surface area contributed by atoms with Crippen LogP contribution in [0.25, 0.3) is 0 Å². The maximum atomic E-state index is 12.3. The van der Waals surface area contributed by atoms with Gasteiger partial charge in [-0.15, -0.1) is 0 Å². The second-order valence-corrected chi connectivity index (χ2v) is 6.45. The van der Waals surface area contributed by atoms with Gasteiger partial charge in [0.05, 0.1) is 16.8 Å². The number of sulfonamides is 1. The maximum absolute atomic E-state index is 12.3. The van der Waals surface area contributed by atoms with E-state index >= 15 is 0 Å². The number of anilines is 1. The van der Waals surface area contributed by atoms with Crippen LogP contribution in [-0.4, -0.2) is 25.2 Å². The van der Waals surface area contributed by atoms with Crippen molar-refractivity contribution < 1.29 is 8.42 Å². The molecule has 6 nitrogen and oxygen atoms in total. The number of aromatic nitrogens is 2. The normalized spacial score (nSPS) is 13.1. The summed E-state index contributed by atoms with van der Waals surface area (Å²) in [6.45, 7) is 4.65. The Hall–Kier alpha value is -1.86. The SMILES string of the molecule is CCn1cc(NS(=O)(=O)c2ccc(C(C)NC)cc2)cn1. The van der Waals surface area contributed by atoms with Crippen LogP contribution in [0.3, 0.4) is 0 Å². The van der Waals surface area contributed by atoms with E-state index in [0.717, 1.165) is 5.56 Å². The summed E-state index contributed by atoms with van der Waals surface area (Å²) in [5.41, 5.74) is 1.50. The Kier molecular flexibility index (Phi) is 4.64. The van der Waals surface area contributed by atoms with Crippen LogP contribution in [0.2, 0.25) is 0 Å². The van der Waals surface area contributed by atoms with Crippen molar-refractivity contribution in [1.29, 1.82) is 0 Å². The third-order valence-corrected chi connectivity index (χ3v) is 4.73. The van der Waals surface area contributed by atoms with Crippen LogP contribution in [0.4, 0.5) is 5.69 Å². The van der Waals surface area contributed by atoms with Gasteiger partial charge in [-0.25, -0.2) is 8.42 Å². The zero-order chi connectivity index (χ0) is 15.5. The van der Waals surface area contributed by atoms with Gasteiger partial charge in [0.1, 0.15) is 0 Å². The van der Waals surface area contributed by atoms with E-state index in [4.69, 9.17) is 0 Å². The minimum Gasteiger partial charge on any atom is -0.313 e. The van der Waals surface area contributed by atoms with Crippen molar-refractivity contribution in [3.05, 3.63) is 42.2 Å². The highest BCUT2D eigenvalue weighted by atomic mass is 32.2. The van der Waals surface area contributed by atoms with Crippen LogP contribution >= 0.6 is 0 Å². The molecule has 7 heteroatoms. The minimum atomic E-state index is -3.58. The molecule has 0 radical (unpaired) electrons. The zero-order valence-electron chi connectivity index (χ0n) is 12.4. The number of rotatable bonds is 6. The molecule has 0 aliphatic rings. The molecule has 0 aliphatic heterocycles. The van der Waals surface area contributed by atoms with E-state index in [9.17, 15) is 8.42 Å². The summed E-state index contributed by atoms with van der Waals surface area (Å²) in [5.74, 6) is 0. The van der Waals surface area contributed by atoms with Crippen molar-refractivity contribution in [2.45, 2.75) is 31.3 Å². The second kappa shape index (κ2) is 6.28. The van der Waals surface area contributed by atoms with Crippen molar-refractivity contribution >= 4 is 15.7 Å². The van der Waals surface area contributed by atoms with Crippen molar-refractivity contribution in [2.24, 2.45) is 0 Å². The standard InChI is InChI=1S/C14H20N4O2S/c1-4-18-10-13(9-16-18)17-21(19,20)14-7-5-12(6-8-14)11(2)15-3/h5-11,15,17H,4H2,1-3H3. The molecule has 2 aromatic rings. The molecule has 0 saturated heterocycles. The predicted molar refractivity (Wildman–Crippen MR) is 82.6 cm³/mol. The van der Waals surface area contributed by atoms with Crippen molar-refractivity contribution in [3.63, 3.8) is 0 Å². The third-order valence-electron chi connectivity index (χ3n) is 3.33. The molecular weight excluding hydrogens is 288 g/mol. The highest BCUT2D eigenvalue weighted by Crippen LogP contribution is 2.18. The molecule has 0 fully saturated rings. The number of aryl methyl sites for hydroxylation is 1. The van der Waals surface area contributed by atoms with Gasteiger partial charge < -0.3 is 5.32 Å². The summed E-state index contributed by atoms with van der Waals surface area (Å²) in [7, 11) is -1.72. The lowest BCUT2D eigenvalue weighted by Gasteiger charge is -2.11. The molecule has 114 valence electrons. The quantitative estimate of drug-likeness (QED) is 0.855. The summed E-state index contributed by atoms with van der Waals surface area (Å²) in [6, 6.07) is 7.01. The first-order valence-electron chi connectivity index (χ1n) is 6.78. The highest BCUT2D eigenvalue weighted by Gasteiger charge is 2.15. The molecule has 1 aromatic heterocycles. The first kappa shape index (κ1) is 15.5. The lowest BCUT2D eigenvalue weighted by atomic mass is 10.1. The number of nitrogens with zero attached hydrogens (tertiary/aromatic N) is 2. The second-order valence-electron chi connectivity index (χ2n) is 4.77. The topological polar surface area (TPSA) is 76.0 Å². The first-order valence-corrected chi connectivity index (χ1v) is 8.27. The van der Waals surface area contributed by atoms with E-state index in [2.05, 4.69) is 15.1 Å². The van der Waals surface area contributed by atoms with Crippen molar-refractivity contribution in [2.75, 3.05) is 11.8 Å². The first-order chi connectivity index (χ1) is 9.96. The van der Waals surface area contributed by atoms with Crippen LogP contribution < -0.4 is 10.0 Å². The van der Waals surface area contributed by atoms with E-state index in [0.29, 0.717) is 12.2 Å². The molecule has 0 saturated carbocycles. The van der Waals surface area contributed by atoms with Crippen LogP contribution in [0.15, 0.2) is 41.6 Å². The van der Waals surface area contributed by atoms with Crippen LogP contribution in [-0.2, 0) is 16.6 Å². The fraction of sp³-hybridized carbons (Fsp3) is 0.357. The van der Waals surface area contributed by atoms with E-state index < -0.39 is 10.0 Å². The lowest BCUT2D eigenvalue weighted by Crippen LogP contribution is -2.14. The molecule has 21 heavy (non-hydrogen) atoms. The maximum Gasteiger partial charge on any atom is 0.261 e. The van der Waals surface area contributed by atoms with E-state index in [1.165, 1.54) is 6.20 Å². The Morgan fingerprint density at radius 1 is 1.29 bits per heavy atom. The highest BCUT2D eigenvalue weighted by molar-refractivity contribution is 7.92. The van der Waals surface area contributed by atoms with Gasteiger partial charge in [-0.2, -0.15) is 5.10 Å². The van der Waals surface area contributed by atoms with Gasteiger partial charge in [0.2, 0.25) is 0 Å². The number of nitrogens with one attached hydrogen (secondary N) is 2. The van der Waals surface area contributed by atoms with E-state index in [1.807, 2.05) is 33.0 Å².